The van der Waals surface area contributed by atoms with E-state index < -0.39 is 5.97 Å². The summed E-state index contributed by atoms with van der Waals surface area (Å²) < 4.78 is 0. The largest absolute Gasteiger partial charge is 0.481 e. The average Bonchev–Trinajstić information content (AvgIpc) is 1.79. The minimum Gasteiger partial charge on any atom is -0.481 e. The number of hydrogen-bond acceptors (Lipinski definition) is 2. The SMILES string of the molecule is CC(C)CC(=O)O.CC(C)CC(C)O. The van der Waals surface area contributed by atoms with Gasteiger partial charge in [0.25, 0.3) is 0 Å². The molecule has 0 aromatic carbocycles. The lowest BCUT2D eigenvalue weighted by molar-refractivity contribution is -0.137. The van der Waals surface area contributed by atoms with Crippen LogP contribution in [0.15, 0.2) is 0 Å². The maximum absolute atomic E-state index is 9.81. The van der Waals surface area contributed by atoms with E-state index in [-0.39, 0.29) is 18.4 Å². The zero-order chi connectivity index (χ0) is 11.7. The van der Waals surface area contributed by atoms with Gasteiger partial charge in [0.1, 0.15) is 0 Å². The molecule has 0 aliphatic heterocycles. The van der Waals surface area contributed by atoms with E-state index in [9.17, 15) is 4.79 Å². The van der Waals surface area contributed by atoms with Crippen LogP contribution in [-0.4, -0.2) is 22.3 Å². The van der Waals surface area contributed by atoms with Gasteiger partial charge >= 0.3 is 5.97 Å². The van der Waals surface area contributed by atoms with E-state index >= 15 is 0 Å². The molecule has 0 bridgehead atoms. The average molecular weight is 204 g/mol. The van der Waals surface area contributed by atoms with Crippen molar-refractivity contribution in [3.63, 3.8) is 0 Å². The van der Waals surface area contributed by atoms with Gasteiger partial charge in [0.2, 0.25) is 0 Å². The van der Waals surface area contributed by atoms with Crippen molar-refractivity contribution >= 4 is 5.97 Å². The van der Waals surface area contributed by atoms with E-state index in [1.165, 1.54) is 0 Å². The second kappa shape index (κ2) is 9.00. The first-order valence-electron chi connectivity index (χ1n) is 5.15. The molecule has 0 aliphatic rings. The van der Waals surface area contributed by atoms with E-state index in [0.29, 0.717) is 5.92 Å². The number of carboxylic acids is 1. The summed E-state index contributed by atoms with van der Waals surface area (Å²) in [4.78, 5) is 9.81. The molecule has 86 valence electrons. The Morgan fingerprint density at radius 3 is 1.50 bits per heavy atom. The number of carbonyl (C=O) groups is 1. The van der Waals surface area contributed by atoms with Gasteiger partial charge in [-0.25, -0.2) is 0 Å². The van der Waals surface area contributed by atoms with Crippen molar-refractivity contribution in [3.8, 4) is 0 Å². The van der Waals surface area contributed by atoms with Crippen molar-refractivity contribution in [3.05, 3.63) is 0 Å². The predicted molar refractivity (Wildman–Crippen MR) is 58.2 cm³/mol. The second-order valence-electron chi connectivity index (χ2n) is 4.47. The summed E-state index contributed by atoms with van der Waals surface area (Å²) in [6.45, 7) is 9.79. The van der Waals surface area contributed by atoms with Gasteiger partial charge in [0, 0.05) is 6.42 Å². The minimum absolute atomic E-state index is 0.125. The number of aliphatic hydroxyl groups is 1. The van der Waals surface area contributed by atoms with Crippen LogP contribution in [0, 0.1) is 11.8 Å². The van der Waals surface area contributed by atoms with Gasteiger partial charge in [-0.2, -0.15) is 0 Å². The molecule has 0 fully saturated rings. The number of aliphatic carboxylic acids is 1. The molecule has 2 N–H and O–H groups in total. The number of aliphatic hydroxyl groups excluding tert-OH is 1. The number of carboxylic acid groups (broad SMARTS) is 1. The molecule has 0 saturated carbocycles. The normalized spacial score (nSPS) is 12.3. The van der Waals surface area contributed by atoms with Crippen LogP contribution in [-0.2, 0) is 4.79 Å². The molecule has 0 rings (SSSR count). The summed E-state index contributed by atoms with van der Waals surface area (Å²) in [6, 6.07) is 0. The van der Waals surface area contributed by atoms with Crippen LogP contribution in [0.5, 0.6) is 0 Å². The molecule has 0 aliphatic carbocycles. The third kappa shape index (κ3) is 22.5. The fourth-order valence-electron chi connectivity index (χ4n) is 1.03. The van der Waals surface area contributed by atoms with E-state index in [2.05, 4.69) is 13.8 Å². The molecule has 1 unspecified atom stereocenters. The first-order chi connectivity index (χ1) is 6.25. The topological polar surface area (TPSA) is 57.5 Å². The summed E-state index contributed by atoms with van der Waals surface area (Å²) in [5.74, 6) is 0.187. The first-order valence-corrected chi connectivity index (χ1v) is 5.15. The summed E-state index contributed by atoms with van der Waals surface area (Å²) in [6.07, 6.45) is 1.07. The van der Waals surface area contributed by atoms with Gasteiger partial charge in [-0.15, -0.1) is 0 Å². The van der Waals surface area contributed by atoms with Gasteiger partial charge in [0.15, 0.2) is 0 Å². The van der Waals surface area contributed by atoms with Crippen LogP contribution >= 0.6 is 0 Å². The highest BCUT2D eigenvalue weighted by molar-refractivity contribution is 5.66. The molecule has 0 aromatic heterocycles. The molecule has 0 aromatic rings. The lowest BCUT2D eigenvalue weighted by Crippen LogP contribution is -2.03. The fraction of sp³-hybridized carbons (Fsp3) is 0.909. The standard InChI is InChI=1S/C6H14O.C5H10O2/c1-5(2)4-6(3)7;1-4(2)3-5(6)7/h5-7H,4H2,1-3H3;4H,3H2,1-2H3,(H,6,7). The zero-order valence-corrected chi connectivity index (χ0v) is 9.95. The van der Waals surface area contributed by atoms with Crippen LogP contribution in [0.1, 0.15) is 47.5 Å². The Kier molecular flexibility index (Phi) is 10.2. The van der Waals surface area contributed by atoms with Crippen LogP contribution in [0.2, 0.25) is 0 Å². The van der Waals surface area contributed by atoms with E-state index in [0.717, 1.165) is 6.42 Å². The molecular formula is C11H24O3. The van der Waals surface area contributed by atoms with Crippen molar-refractivity contribution in [2.75, 3.05) is 0 Å². The van der Waals surface area contributed by atoms with Gasteiger partial charge < -0.3 is 10.2 Å². The van der Waals surface area contributed by atoms with Crippen LogP contribution in [0.3, 0.4) is 0 Å². The Balaban J connectivity index is 0. The quantitative estimate of drug-likeness (QED) is 0.739. The molecule has 0 spiro atoms. The molecule has 3 heteroatoms. The molecule has 0 amide bonds. The molecule has 14 heavy (non-hydrogen) atoms. The predicted octanol–water partition coefficient (Wildman–Crippen LogP) is 2.53. The zero-order valence-electron chi connectivity index (χ0n) is 9.95. The number of rotatable bonds is 4. The third-order valence-corrected chi connectivity index (χ3v) is 1.40. The number of hydrogen-bond donors (Lipinski definition) is 2. The van der Waals surface area contributed by atoms with E-state index in [4.69, 9.17) is 10.2 Å². The lowest BCUT2D eigenvalue weighted by Gasteiger charge is -2.04. The summed E-state index contributed by atoms with van der Waals surface area (Å²) in [5, 5.41) is 16.8. The fourth-order valence-corrected chi connectivity index (χ4v) is 1.03. The first kappa shape index (κ1) is 15.9. The van der Waals surface area contributed by atoms with Crippen molar-refractivity contribution in [1.29, 1.82) is 0 Å². The molecular weight excluding hydrogens is 180 g/mol. The van der Waals surface area contributed by atoms with Gasteiger partial charge in [0.05, 0.1) is 6.10 Å². The Morgan fingerprint density at radius 1 is 1.07 bits per heavy atom. The van der Waals surface area contributed by atoms with Crippen LogP contribution < -0.4 is 0 Å². The molecule has 0 heterocycles. The molecule has 0 radical (unpaired) electrons. The summed E-state index contributed by atoms with van der Waals surface area (Å²) in [7, 11) is 0. The molecule has 3 nitrogen and oxygen atoms in total. The maximum Gasteiger partial charge on any atom is 0.303 e. The Labute approximate surface area is 87.1 Å². The lowest BCUT2D eigenvalue weighted by atomic mass is 10.1. The van der Waals surface area contributed by atoms with Crippen molar-refractivity contribution in [2.45, 2.75) is 53.6 Å². The minimum atomic E-state index is -0.713. The van der Waals surface area contributed by atoms with E-state index in [1.807, 2.05) is 20.8 Å². The van der Waals surface area contributed by atoms with Crippen molar-refractivity contribution in [2.24, 2.45) is 11.8 Å². The molecule has 0 saturated heterocycles. The molecule has 1 atom stereocenters. The van der Waals surface area contributed by atoms with E-state index in [1.54, 1.807) is 0 Å². The van der Waals surface area contributed by atoms with Gasteiger partial charge in [-0.1, -0.05) is 27.7 Å². The highest BCUT2D eigenvalue weighted by Crippen LogP contribution is 2.01. The summed E-state index contributed by atoms with van der Waals surface area (Å²) in [5.41, 5.74) is 0. The third-order valence-electron chi connectivity index (χ3n) is 1.40. The van der Waals surface area contributed by atoms with Crippen LogP contribution in [0.25, 0.3) is 0 Å². The van der Waals surface area contributed by atoms with Crippen molar-refractivity contribution < 1.29 is 15.0 Å². The Morgan fingerprint density at radius 2 is 1.50 bits per heavy atom. The second-order valence-corrected chi connectivity index (χ2v) is 4.47. The van der Waals surface area contributed by atoms with Crippen LogP contribution in [0.4, 0.5) is 0 Å². The maximum atomic E-state index is 9.81. The monoisotopic (exact) mass is 204 g/mol. The Bertz CT molecular complexity index is 133. The van der Waals surface area contributed by atoms with Gasteiger partial charge in [-0.3, -0.25) is 4.79 Å². The highest BCUT2D eigenvalue weighted by atomic mass is 16.4. The Hall–Kier alpha value is -0.570. The smallest absolute Gasteiger partial charge is 0.303 e. The van der Waals surface area contributed by atoms with Crippen molar-refractivity contribution in [1.82, 2.24) is 0 Å². The highest BCUT2D eigenvalue weighted by Gasteiger charge is 1.98. The van der Waals surface area contributed by atoms with Gasteiger partial charge in [-0.05, 0) is 25.2 Å². The summed E-state index contributed by atoms with van der Waals surface area (Å²) >= 11 is 0.